The van der Waals surface area contributed by atoms with Gasteiger partial charge >= 0.3 is 0 Å². The lowest BCUT2D eigenvalue weighted by molar-refractivity contribution is -0.747. The second-order valence-corrected chi connectivity index (χ2v) is 14.3. The fraction of sp³-hybridized carbons (Fsp3) is 0.312. The number of benzene rings is 3. The first-order chi connectivity index (χ1) is 22.0. The van der Waals surface area contributed by atoms with E-state index in [1.807, 2.05) is 110 Å². The second-order valence-electron chi connectivity index (χ2n) is 11.2. The van der Waals surface area contributed by atoms with E-state index in [1.54, 1.807) is 0 Å². The van der Waals surface area contributed by atoms with Gasteiger partial charge in [0.2, 0.25) is 0 Å². The minimum atomic E-state index is -4.04. The fourth-order valence-electron chi connectivity index (χ4n) is 5.24. The van der Waals surface area contributed by atoms with Crippen molar-refractivity contribution in [3.8, 4) is 22.5 Å². The monoisotopic (exact) mass is 666 g/mol. The Morgan fingerprint density at radius 2 is 0.978 bits per heavy atom. The Labute approximate surface area is 269 Å². The average molecular weight is 667 g/mol. The molecule has 0 bridgehead atoms. The molecule has 5 rings (SSSR count). The molecule has 0 aliphatic rings. The molecular formula is C32H38N6O6S2+2. The lowest BCUT2D eigenvalue weighted by Crippen LogP contribution is -2.36. The van der Waals surface area contributed by atoms with Gasteiger partial charge in [-0.3, -0.25) is 9.11 Å². The van der Waals surface area contributed by atoms with Crippen LogP contribution in [0.2, 0.25) is 0 Å². The maximum Gasteiger partial charge on any atom is 0.264 e. The van der Waals surface area contributed by atoms with Crippen LogP contribution in [0.1, 0.15) is 36.8 Å². The van der Waals surface area contributed by atoms with Crippen molar-refractivity contribution >= 4 is 20.2 Å². The molecule has 0 unspecified atom stereocenters. The van der Waals surface area contributed by atoms with Crippen molar-refractivity contribution in [2.75, 3.05) is 11.5 Å². The third kappa shape index (κ3) is 9.88. The van der Waals surface area contributed by atoms with Gasteiger partial charge in [-0.15, -0.1) is 18.7 Å². The second kappa shape index (κ2) is 14.9. The van der Waals surface area contributed by atoms with Gasteiger partial charge in [0.05, 0.1) is 21.9 Å². The van der Waals surface area contributed by atoms with Crippen molar-refractivity contribution in [1.82, 2.24) is 19.8 Å². The Kier molecular flexibility index (Phi) is 10.7. The molecule has 2 heterocycles. The molecule has 0 fully saturated rings. The number of aryl methyl sites for hydroxylation is 2. The Morgan fingerprint density at radius 1 is 0.565 bits per heavy atom. The van der Waals surface area contributed by atoms with Gasteiger partial charge in [-0.05, 0) is 42.9 Å². The molecule has 242 valence electrons. The summed E-state index contributed by atoms with van der Waals surface area (Å²) in [5.41, 5.74) is 5.68. The molecule has 5 aromatic rings. The molecule has 0 saturated carbocycles. The van der Waals surface area contributed by atoms with Crippen LogP contribution in [0, 0.1) is 0 Å². The molecular weight excluding hydrogens is 629 g/mol. The fourth-order valence-corrected chi connectivity index (χ4v) is 6.38. The van der Waals surface area contributed by atoms with Crippen LogP contribution in [-0.2, 0) is 46.4 Å². The van der Waals surface area contributed by atoms with Crippen molar-refractivity contribution < 1.29 is 35.3 Å². The predicted molar refractivity (Wildman–Crippen MR) is 172 cm³/mol. The Hall–Kier alpha value is -4.24. The summed E-state index contributed by atoms with van der Waals surface area (Å²) in [5.74, 6) is -0.611. The third-order valence-electron chi connectivity index (χ3n) is 7.42. The number of hydrogen-bond donors (Lipinski definition) is 2. The van der Waals surface area contributed by atoms with Crippen LogP contribution in [0.15, 0.2) is 97.3 Å². The summed E-state index contributed by atoms with van der Waals surface area (Å²) < 4.78 is 70.8. The van der Waals surface area contributed by atoms with Crippen LogP contribution in [0.25, 0.3) is 22.5 Å². The molecule has 0 aliphatic carbocycles. The van der Waals surface area contributed by atoms with E-state index in [4.69, 9.17) is 19.5 Å². The van der Waals surface area contributed by atoms with Gasteiger partial charge in [-0.1, -0.05) is 78.9 Å². The highest BCUT2D eigenvalue weighted by molar-refractivity contribution is 7.86. The van der Waals surface area contributed by atoms with Crippen LogP contribution in [0.5, 0.6) is 0 Å². The van der Waals surface area contributed by atoms with E-state index in [9.17, 15) is 16.8 Å². The maximum atomic E-state index is 11.3. The zero-order chi connectivity index (χ0) is 32.6. The topological polar surface area (TPSA) is 152 Å². The summed E-state index contributed by atoms with van der Waals surface area (Å²) in [6, 6.07) is 27.9. The SMILES string of the molecule is O=S(=O)(O)CCCCn1n[n+](Cc2ccccc2)cc1-c1cccc(-c2c[n+](Cc3ccccc3)nn2CCCCS(=O)(=O)O)c1. The maximum absolute atomic E-state index is 11.3. The number of unbranched alkanes of at least 4 members (excludes halogenated alkanes) is 2. The molecule has 3 aromatic carbocycles. The highest BCUT2D eigenvalue weighted by Gasteiger charge is 2.22. The van der Waals surface area contributed by atoms with E-state index >= 15 is 0 Å². The normalized spacial score (nSPS) is 12.0. The van der Waals surface area contributed by atoms with Crippen LogP contribution in [0.3, 0.4) is 0 Å². The number of rotatable bonds is 16. The van der Waals surface area contributed by atoms with E-state index in [1.165, 1.54) is 0 Å². The van der Waals surface area contributed by atoms with Crippen molar-refractivity contribution in [3.05, 3.63) is 108 Å². The smallest absolute Gasteiger partial charge is 0.264 e. The Balaban J connectivity index is 1.45. The van der Waals surface area contributed by atoms with Crippen molar-refractivity contribution in [1.29, 1.82) is 0 Å². The summed E-state index contributed by atoms with van der Waals surface area (Å²) in [4.78, 5) is 0. The Morgan fingerprint density at radius 3 is 1.37 bits per heavy atom. The lowest BCUT2D eigenvalue weighted by Gasteiger charge is -2.03. The molecule has 0 spiro atoms. The van der Waals surface area contributed by atoms with Crippen molar-refractivity contribution in [2.24, 2.45) is 0 Å². The largest absolute Gasteiger partial charge is 0.286 e. The average Bonchev–Trinajstić information content (AvgIpc) is 3.61. The zero-order valence-corrected chi connectivity index (χ0v) is 27.0. The van der Waals surface area contributed by atoms with Crippen LogP contribution in [-0.4, -0.2) is 57.2 Å². The summed E-state index contributed by atoms with van der Waals surface area (Å²) >= 11 is 0. The molecule has 0 saturated heterocycles. The van der Waals surface area contributed by atoms with Crippen molar-refractivity contribution in [2.45, 2.75) is 51.9 Å². The van der Waals surface area contributed by atoms with E-state index in [0.717, 1.165) is 33.6 Å². The first kappa shape index (κ1) is 33.1. The van der Waals surface area contributed by atoms with Crippen LogP contribution in [0.4, 0.5) is 0 Å². The van der Waals surface area contributed by atoms with E-state index in [-0.39, 0.29) is 11.5 Å². The minimum absolute atomic E-state index is 0.301. The quantitative estimate of drug-likeness (QED) is 0.0924. The molecule has 12 nitrogen and oxygen atoms in total. The van der Waals surface area contributed by atoms with Crippen LogP contribution >= 0.6 is 0 Å². The molecule has 0 aliphatic heterocycles. The molecule has 46 heavy (non-hydrogen) atoms. The van der Waals surface area contributed by atoms with Crippen LogP contribution < -0.4 is 9.36 Å². The van der Waals surface area contributed by atoms with Gasteiger partial charge in [0.25, 0.3) is 20.2 Å². The summed E-state index contributed by atoms with van der Waals surface area (Å²) in [7, 11) is -8.08. The molecule has 14 heteroatoms. The van der Waals surface area contributed by atoms with Gasteiger partial charge < -0.3 is 0 Å². The van der Waals surface area contributed by atoms with Gasteiger partial charge in [-0.25, -0.2) is 0 Å². The lowest BCUT2D eigenvalue weighted by atomic mass is 10.1. The zero-order valence-electron chi connectivity index (χ0n) is 25.3. The minimum Gasteiger partial charge on any atom is -0.286 e. The number of hydrogen-bond acceptors (Lipinski definition) is 6. The molecule has 2 N–H and O–H groups in total. The van der Waals surface area contributed by atoms with E-state index < -0.39 is 20.2 Å². The van der Waals surface area contributed by atoms with Crippen molar-refractivity contribution in [3.63, 3.8) is 0 Å². The molecule has 0 atom stereocenters. The Bertz CT molecular complexity index is 1820. The van der Waals surface area contributed by atoms with E-state index in [0.29, 0.717) is 51.9 Å². The highest BCUT2D eigenvalue weighted by atomic mass is 32.2. The summed E-state index contributed by atoms with van der Waals surface area (Å²) in [6.07, 6.45) is 5.56. The summed E-state index contributed by atoms with van der Waals surface area (Å²) in [5, 5.41) is 9.57. The highest BCUT2D eigenvalue weighted by Crippen LogP contribution is 2.26. The van der Waals surface area contributed by atoms with Gasteiger partial charge in [0, 0.05) is 11.1 Å². The number of nitrogens with zero attached hydrogens (tertiary/aromatic N) is 6. The first-order valence-corrected chi connectivity index (χ1v) is 18.3. The third-order valence-corrected chi connectivity index (χ3v) is 9.03. The summed E-state index contributed by atoms with van der Waals surface area (Å²) in [6.45, 7) is 2.03. The standard InChI is InChI=1S/C32H36N6O6S2/c39-45(40,41)20-9-7-18-37-31(25-35(33-37)23-27-12-3-1-4-13-27)29-16-11-17-30(22-29)32-26-36(24-28-14-5-2-6-15-28)34-38(32)19-8-10-21-46(42,43)44/h1-6,11-17,22,25-26H,7-10,18-21,23-24H2/p+2. The first-order valence-electron chi connectivity index (χ1n) is 15.1. The van der Waals surface area contributed by atoms with Gasteiger partial charge in [-0.2, -0.15) is 16.8 Å². The van der Waals surface area contributed by atoms with Gasteiger partial charge in [0.1, 0.15) is 26.2 Å². The molecule has 2 aromatic heterocycles. The molecule has 0 amide bonds. The van der Waals surface area contributed by atoms with E-state index in [2.05, 4.69) is 6.07 Å². The number of aromatic nitrogens is 6. The predicted octanol–water partition coefficient (Wildman–Crippen LogP) is 3.42. The van der Waals surface area contributed by atoms with Gasteiger partial charge in [0.15, 0.2) is 23.8 Å². The molecule has 0 radical (unpaired) electrons.